The summed E-state index contributed by atoms with van der Waals surface area (Å²) >= 11 is 0. The summed E-state index contributed by atoms with van der Waals surface area (Å²) in [6.45, 7) is 5.55. The van der Waals surface area contributed by atoms with Gasteiger partial charge in [0.1, 0.15) is 5.69 Å². The van der Waals surface area contributed by atoms with Crippen LogP contribution in [0.1, 0.15) is 47.4 Å². The zero-order valence-electron chi connectivity index (χ0n) is 18.5. The normalized spacial score (nSPS) is 14.1. The minimum absolute atomic E-state index is 0.0117. The van der Waals surface area contributed by atoms with Gasteiger partial charge < -0.3 is 14.8 Å². The smallest absolute Gasteiger partial charge is 0.274 e. The van der Waals surface area contributed by atoms with Crippen molar-refractivity contribution in [3.05, 3.63) is 58.0 Å². The van der Waals surface area contributed by atoms with Crippen LogP contribution in [-0.4, -0.2) is 60.2 Å². The molecule has 1 fully saturated rings. The molecule has 32 heavy (non-hydrogen) atoms. The van der Waals surface area contributed by atoms with Gasteiger partial charge in [-0.05, 0) is 43.2 Å². The largest absolute Gasteiger partial charge is 0.339 e. The van der Waals surface area contributed by atoms with Crippen LogP contribution in [0.4, 0.5) is 5.69 Å². The number of nitrogens with zero attached hydrogens (tertiary/aromatic N) is 3. The number of benzene rings is 1. The topological polar surface area (TPSA) is 109 Å². The first-order valence-corrected chi connectivity index (χ1v) is 12.0. The SMILES string of the molecule is CCN(CC)S(=O)(=O)c1ccc(C(=O)Nc2cc(C(=O)N3CCCC3)cn(C)c2=O)cc1. The van der Waals surface area contributed by atoms with Crippen LogP contribution in [0.5, 0.6) is 0 Å². The van der Waals surface area contributed by atoms with Crippen molar-refractivity contribution >= 4 is 27.5 Å². The van der Waals surface area contributed by atoms with Crippen LogP contribution < -0.4 is 10.9 Å². The van der Waals surface area contributed by atoms with Crippen molar-refractivity contribution in [3.63, 3.8) is 0 Å². The highest BCUT2D eigenvalue weighted by molar-refractivity contribution is 7.89. The molecular formula is C22H28N4O5S. The standard InChI is InChI=1S/C22H28N4O5S/c1-4-26(5-2)32(30,31)18-10-8-16(9-11-18)20(27)23-19-14-17(15-24(3)22(19)29)21(28)25-12-6-7-13-25/h8-11,14-15H,4-7,12-13H2,1-3H3,(H,23,27). The lowest BCUT2D eigenvalue weighted by Crippen LogP contribution is -2.31. The predicted octanol–water partition coefficient (Wildman–Crippen LogP) is 1.90. The third kappa shape index (κ3) is 4.76. The summed E-state index contributed by atoms with van der Waals surface area (Å²) in [5.74, 6) is -0.751. The Kier molecular flexibility index (Phi) is 7.15. The number of nitrogens with one attached hydrogen (secondary N) is 1. The maximum atomic E-state index is 12.7. The molecule has 1 saturated heterocycles. The zero-order valence-corrected chi connectivity index (χ0v) is 19.3. The molecule has 0 saturated carbocycles. The van der Waals surface area contributed by atoms with Crippen molar-refractivity contribution in [1.29, 1.82) is 0 Å². The zero-order chi connectivity index (χ0) is 23.5. The average Bonchev–Trinajstić information content (AvgIpc) is 3.32. The first-order valence-electron chi connectivity index (χ1n) is 10.6. The number of carbonyl (C=O) groups is 2. The minimum Gasteiger partial charge on any atom is -0.339 e. The van der Waals surface area contributed by atoms with Gasteiger partial charge in [-0.3, -0.25) is 14.4 Å². The van der Waals surface area contributed by atoms with E-state index in [0.717, 1.165) is 12.8 Å². The Balaban J connectivity index is 1.82. The molecule has 1 aromatic carbocycles. The quantitative estimate of drug-likeness (QED) is 0.679. The van der Waals surface area contributed by atoms with Gasteiger partial charge in [0, 0.05) is 45.0 Å². The molecule has 1 aromatic heterocycles. The van der Waals surface area contributed by atoms with Crippen LogP contribution in [0.2, 0.25) is 0 Å². The van der Waals surface area contributed by atoms with E-state index in [1.54, 1.807) is 18.7 Å². The van der Waals surface area contributed by atoms with Crippen molar-refractivity contribution in [3.8, 4) is 0 Å². The van der Waals surface area contributed by atoms with Crippen LogP contribution in [0.3, 0.4) is 0 Å². The Labute approximate surface area is 187 Å². The number of hydrogen-bond acceptors (Lipinski definition) is 5. The van der Waals surface area contributed by atoms with Gasteiger partial charge in [0.05, 0.1) is 10.5 Å². The van der Waals surface area contributed by atoms with E-state index >= 15 is 0 Å². The number of hydrogen-bond donors (Lipinski definition) is 1. The summed E-state index contributed by atoms with van der Waals surface area (Å²) in [6.07, 6.45) is 3.35. The second kappa shape index (κ2) is 9.66. The van der Waals surface area contributed by atoms with Crippen molar-refractivity contribution in [2.75, 3.05) is 31.5 Å². The fourth-order valence-corrected chi connectivity index (χ4v) is 5.16. The van der Waals surface area contributed by atoms with Crippen molar-refractivity contribution in [2.24, 2.45) is 7.05 Å². The Morgan fingerprint density at radius 3 is 2.19 bits per heavy atom. The van der Waals surface area contributed by atoms with Crippen LogP contribution in [0.15, 0.2) is 46.2 Å². The lowest BCUT2D eigenvalue weighted by molar-refractivity contribution is 0.0791. The average molecular weight is 461 g/mol. The highest BCUT2D eigenvalue weighted by Gasteiger charge is 2.23. The van der Waals surface area contributed by atoms with Gasteiger partial charge in [-0.2, -0.15) is 4.31 Å². The third-order valence-corrected chi connectivity index (χ3v) is 7.60. The molecule has 9 nitrogen and oxygen atoms in total. The lowest BCUT2D eigenvalue weighted by atomic mass is 10.2. The fourth-order valence-electron chi connectivity index (χ4n) is 3.71. The molecule has 3 rings (SSSR count). The van der Waals surface area contributed by atoms with Crippen LogP contribution >= 0.6 is 0 Å². The first kappa shape index (κ1) is 23.7. The van der Waals surface area contributed by atoms with E-state index in [-0.39, 0.29) is 22.1 Å². The van der Waals surface area contributed by atoms with Gasteiger partial charge in [0.2, 0.25) is 10.0 Å². The number of pyridine rings is 1. The van der Waals surface area contributed by atoms with Gasteiger partial charge in [0.25, 0.3) is 17.4 Å². The number of aromatic nitrogens is 1. The molecule has 0 spiro atoms. The Morgan fingerprint density at radius 2 is 1.62 bits per heavy atom. The molecule has 1 aliphatic heterocycles. The number of carbonyl (C=O) groups excluding carboxylic acids is 2. The highest BCUT2D eigenvalue weighted by Crippen LogP contribution is 2.18. The Morgan fingerprint density at radius 1 is 1.03 bits per heavy atom. The van der Waals surface area contributed by atoms with Gasteiger partial charge in [-0.25, -0.2) is 8.42 Å². The number of sulfonamides is 1. The molecule has 0 radical (unpaired) electrons. The lowest BCUT2D eigenvalue weighted by Gasteiger charge is -2.18. The molecule has 2 aromatic rings. The Hall–Kier alpha value is -2.98. The van der Waals surface area contributed by atoms with Gasteiger partial charge in [-0.15, -0.1) is 0 Å². The maximum Gasteiger partial charge on any atom is 0.274 e. The second-order valence-electron chi connectivity index (χ2n) is 7.63. The van der Waals surface area contributed by atoms with Gasteiger partial charge in [0.15, 0.2) is 0 Å². The minimum atomic E-state index is -3.63. The van der Waals surface area contributed by atoms with Crippen LogP contribution in [0.25, 0.3) is 0 Å². The number of anilines is 1. The van der Waals surface area contributed by atoms with E-state index in [0.29, 0.717) is 31.7 Å². The summed E-state index contributed by atoms with van der Waals surface area (Å²) in [7, 11) is -2.11. The summed E-state index contributed by atoms with van der Waals surface area (Å²) in [4.78, 5) is 39.7. The molecule has 172 valence electrons. The van der Waals surface area contributed by atoms with Gasteiger partial charge >= 0.3 is 0 Å². The van der Waals surface area contributed by atoms with Crippen molar-refractivity contribution < 1.29 is 18.0 Å². The summed E-state index contributed by atoms with van der Waals surface area (Å²) in [6, 6.07) is 6.92. The summed E-state index contributed by atoms with van der Waals surface area (Å²) in [5, 5.41) is 2.55. The second-order valence-corrected chi connectivity index (χ2v) is 9.56. The van der Waals surface area contributed by atoms with E-state index in [2.05, 4.69) is 5.32 Å². The number of rotatable bonds is 7. The highest BCUT2D eigenvalue weighted by atomic mass is 32.2. The molecule has 2 amide bonds. The third-order valence-electron chi connectivity index (χ3n) is 5.53. The molecule has 1 N–H and O–H groups in total. The summed E-state index contributed by atoms with van der Waals surface area (Å²) < 4.78 is 27.8. The monoisotopic (exact) mass is 460 g/mol. The van der Waals surface area contributed by atoms with E-state index in [9.17, 15) is 22.8 Å². The predicted molar refractivity (Wildman–Crippen MR) is 121 cm³/mol. The van der Waals surface area contributed by atoms with E-state index < -0.39 is 21.5 Å². The fraction of sp³-hybridized carbons (Fsp3) is 0.409. The first-order chi connectivity index (χ1) is 15.2. The van der Waals surface area contributed by atoms with Gasteiger partial charge in [-0.1, -0.05) is 13.8 Å². The van der Waals surface area contributed by atoms with Crippen molar-refractivity contribution in [1.82, 2.24) is 13.8 Å². The molecule has 0 bridgehead atoms. The Bertz CT molecular complexity index is 1160. The molecule has 2 heterocycles. The molecule has 0 aliphatic carbocycles. The van der Waals surface area contributed by atoms with Crippen LogP contribution in [-0.2, 0) is 17.1 Å². The number of likely N-dealkylation sites (tertiary alicyclic amines) is 1. The molecule has 0 atom stereocenters. The molecule has 0 unspecified atom stereocenters. The van der Waals surface area contributed by atoms with E-state index in [1.807, 2.05) is 0 Å². The summed E-state index contributed by atoms with van der Waals surface area (Å²) in [5.41, 5.74) is 0.0613. The number of amides is 2. The van der Waals surface area contributed by atoms with Crippen LogP contribution in [0, 0.1) is 0 Å². The molecule has 1 aliphatic rings. The van der Waals surface area contributed by atoms with E-state index in [4.69, 9.17) is 0 Å². The van der Waals surface area contributed by atoms with Crippen molar-refractivity contribution in [2.45, 2.75) is 31.6 Å². The maximum absolute atomic E-state index is 12.7. The molecule has 10 heteroatoms. The molecular weight excluding hydrogens is 432 g/mol. The number of aryl methyl sites for hydroxylation is 1. The van der Waals surface area contributed by atoms with E-state index in [1.165, 1.54) is 52.4 Å².